The van der Waals surface area contributed by atoms with E-state index in [9.17, 15) is 4.79 Å². The Morgan fingerprint density at radius 1 is 1.57 bits per heavy atom. The van der Waals surface area contributed by atoms with Crippen molar-refractivity contribution in [3.8, 4) is 0 Å². The normalized spacial score (nSPS) is 17.5. The minimum atomic E-state index is -1.01. The van der Waals surface area contributed by atoms with E-state index >= 15 is 0 Å². The molecule has 14 heavy (non-hydrogen) atoms. The number of carbonyl (C=O) groups is 1. The van der Waals surface area contributed by atoms with Gasteiger partial charge in [-0.25, -0.2) is 4.79 Å². The van der Waals surface area contributed by atoms with Crippen molar-refractivity contribution in [1.82, 2.24) is 9.78 Å². The van der Waals surface area contributed by atoms with Crippen LogP contribution in [0.25, 0.3) is 0 Å². The molecule has 0 atom stereocenters. The van der Waals surface area contributed by atoms with Crippen molar-refractivity contribution in [1.29, 1.82) is 0 Å². The highest BCUT2D eigenvalue weighted by molar-refractivity contribution is 6.32. The molecule has 0 aliphatic heterocycles. The van der Waals surface area contributed by atoms with Gasteiger partial charge in [0.25, 0.3) is 0 Å². The number of hydrogen-bond donors (Lipinski definition) is 1. The summed E-state index contributed by atoms with van der Waals surface area (Å²) >= 11 is 5.71. The van der Waals surface area contributed by atoms with E-state index in [1.54, 1.807) is 4.68 Å². The van der Waals surface area contributed by atoms with Gasteiger partial charge in [-0.3, -0.25) is 4.68 Å². The Balaban J connectivity index is 2.27. The van der Waals surface area contributed by atoms with E-state index in [0.29, 0.717) is 6.04 Å². The highest BCUT2D eigenvalue weighted by Gasteiger charge is 2.21. The van der Waals surface area contributed by atoms with Gasteiger partial charge in [-0.1, -0.05) is 24.4 Å². The zero-order valence-electron chi connectivity index (χ0n) is 7.61. The molecule has 5 heteroatoms. The third-order valence-electron chi connectivity index (χ3n) is 2.62. The van der Waals surface area contributed by atoms with Crippen LogP contribution < -0.4 is 0 Å². The molecule has 1 aromatic rings. The van der Waals surface area contributed by atoms with E-state index in [2.05, 4.69) is 5.10 Å². The van der Waals surface area contributed by atoms with Crippen LogP contribution in [0.1, 0.15) is 42.1 Å². The number of nitrogens with zero attached hydrogens (tertiary/aromatic N) is 2. The Morgan fingerprint density at radius 2 is 2.21 bits per heavy atom. The molecule has 1 fully saturated rings. The van der Waals surface area contributed by atoms with Crippen LogP contribution in [0.2, 0.25) is 5.15 Å². The topological polar surface area (TPSA) is 55.1 Å². The molecule has 76 valence electrons. The summed E-state index contributed by atoms with van der Waals surface area (Å²) in [6.07, 6.45) is 6.03. The molecule has 1 aliphatic carbocycles. The maximum Gasteiger partial charge on any atom is 0.340 e. The Morgan fingerprint density at radius 3 is 2.71 bits per heavy atom. The first-order valence-electron chi connectivity index (χ1n) is 4.66. The van der Waals surface area contributed by atoms with Gasteiger partial charge in [0, 0.05) is 6.20 Å². The number of hydrogen-bond acceptors (Lipinski definition) is 2. The van der Waals surface area contributed by atoms with Gasteiger partial charge in [-0.2, -0.15) is 5.10 Å². The quantitative estimate of drug-likeness (QED) is 0.822. The maximum absolute atomic E-state index is 10.7. The van der Waals surface area contributed by atoms with Crippen molar-refractivity contribution in [3.63, 3.8) is 0 Å². The Hall–Kier alpha value is -1.03. The molecule has 1 heterocycles. The first-order valence-corrected chi connectivity index (χ1v) is 5.04. The average molecular weight is 215 g/mol. The molecule has 0 unspecified atom stereocenters. The zero-order chi connectivity index (χ0) is 10.1. The highest BCUT2D eigenvalue weighted by atomic mass is 35.5. The maximum atomic E-state index is 10.7. The van der Waals surface area contributed by atoms with Crippen molar-refractivity contribution in [2.24, 2.45) is 0 Å². The second-order valence-electron chi connectivity index (χ2n) is 3.56. The SMILES string of the molecule is O=C(O)c1cn(C2CCCC2)nc1Cl. The van der Waals surface area contributed by atoms with Gasteiger partial charge in [0.1, 0.15) is 5.56 Å². The molecule has 0 radical (unpaired) electrons. The summed E-state index contributed by atoms with van der Waals surface area (Å²) in [5, 5.41) is 12.9. The van der Waals surface area contributed by atoms with Crippen LogP contribution in [-0.4, -0.2) is 20.9 Å². The summed E-state index contributed by atoms with van der Waals surface area (Å²) in [6.45, 7) is 0. The van der Waals surface area contributed by atoms with Gasteiger partial charge in [0.2, 0.25) is 0 Å². The summed E-state index contributed by atoms with van der Waals surface area (Å²) < 4.78 is 1.69. The van der Waals surface area contributed by atoms with Crippen molar-refractivity contribution in [2.45, 2.75) is 31.7 Å². The predicted octanol–water partition coefficient (Wildman–Crippen LogP) is 2.35. The summed E-state index contributed by atoms with van der Waals surface area (Å²) in [4.78, 5) is 10.7. The predicted molar refractivity (Wildman–Crippen MR) is 51.7 cm³/mol. The van der Waals surface area contributed by atoms with Gasteiger partial charge in [0.15, 0.2) is 5.15 Å². The first-order chi connectivity index (χ1) is 6.68. The van der Waals surface area contributed by atoms with Gasteiger partial charge in [-0.15, -0.1) is 0 Å². The van der Waals surface area contributed by atoms with Crippen LogP contribution in [0, 0.1) is 0 Å². The van der Waals surface area contributed by atoms with Crippen molar-refractivity contribution < 1.29 is 9.90 Å². The van der Waals surface area contributed by atoms with E-state index in [-0.39, 0.29) is 10.7 Å². The second kappa shape index (κ2) is 3.61. The molecule has 2 rings (SSSR count). The first kappa shape index (κ1) is 9.52. The summed E-state index contributed by atoms with van der Waals surface area (Å²) in [5.41, 5.74) is 0.0959. The van der Waals surface area contributed by atoms with E-state index < -0.39 is 5.97 Å². The number of aromatic carboxylic acids is 1. The third-order valence-corrected chi connectivity index (χ3v) is 2.90. The van der Waals surface area contributed by atoms with E-state index in [1.807, 2.05) is 0 Å². The smallest absolute Gasteiger partial charge is 0.340 e. The number of carboxylic acid groups (broad SMARTS) is 1. The third kappa shape index (κ3) is 1.62. The molecule has 0 amide bonds. The summed E-state index contributed by atoms with van der Waals surface area (Å²) in [6, 6.07) is 0.334. The Labute approximate surface area is 86.5 Å². The van der Waals surface area contributed by atoms with Crippen LogP contribution in [0.4, 0.5) is 0 Å². The lowest BCUT2D eigenvalue weighted by Crippen LogP contribution is -2.04. The number of carboxylic acids is 1. The minimum absolute atomic E-state index is 0.0874. The number of rotatable bonds is 2. The molecular weight excluding hydrogens is 204 g/mol. The van der Waals surface area contributed by atoms with E-state index in [0.717, 1.165) is 12.8 Å². The summed E-state index contributed by atoms with van der Waals surface area (Å²) in [5.74, 6) is -1.01. The Kier molecular flexibility index (Phi) is 2.46. The monoisotopic (exact) mass is 214 g/mol. The lowest BCUT2D eigenvalue weighted by Gasteiger charge is -2.07. The van der Waals surface area contributed by atoms with E-state index in [4.69, 9.17) is 16.7 Å². The molecule has 0 bridgehead atoms. The highest BCUT2D eigenvalue weighted by Crippen LogP contribution is 2.30. The van der Waals surface area contributed by atoms with Crippen LogP contribution in [0.3, 0.4) is 0 Å². The van der Waals surface area contributed by atoms with Gasteiger partial charge in [-0.05, 0) is 12.8 Å². The fraction of sp³-hybridized carbons (Fsp3) is 0.556. The lowest BCUT2D eigenvalue weighted by molar-refractivity contribution is 0.0697. The molecule has 0 saturated heterocycles. The summed E-state index contributed by atoms with van der Waals surface area (Å²) in [7, 11) is 0. The Bertz CT molecular complexity index is 356. The standard InChI is InChI=1S/C9H11ClN2O2/c10-8-7(9(13)14)5-12(11-8)6-3-1-2-4-6/h5-6H,1-4H2,(H,13,14). The van der Waals surface area contributed by atoms with Crippen molar-refractivity contribution in [2.75, 3.05) is 0 Å². The molecule has 0 spiro atoms. The van der Waals surface area contributed by atoms with Crippen molar-refractivity contribution >= 4 is 17.6 Å². The molecule has 1 aliphatic rings. The number of aromatic nitrogens is 2. The zero-order valence-corrected chi connectivity index (χ0v) is 8.37. The lowest BCUT2D eigenvalue weighted by atomic mass is 10.2. The van der Waals surface area contributed by atoms with Gasteiger partial charge in [0.05, 0.1) is 6.04 Å². The molecule has 1 aromatic heterocycles. The van der Waals surface area contributed by atoms with Gasteiger partial charge < -0.3 is 5.11 Å². The van der Waals surface area contributed by atoms with Crippen molar-refractivity contribution in [3.05, 3.63) is 16.9 Å². The average Bonchev–Trinajstić information content (AvgIpc) is 2.70. The molecule has 1 N–H and O–H groups in total. The molecule has 1 saturated carbocycles. The molecule has 0 aromatic carbocycles. The fourth-order valence-corrected chi connectivity index (χ4v) is 2.09. The van der Waals surface area contributed by atoms with Crippen LogP contribution in [-0.2, 0) is 0 Å². The van der Waals surface area contributed by atoms with Crippen LogP contribution in [0.15, 0.2) is 6.20 Å². The van der Waals surface area contributed by atoms with Crippen LogP contribution >= 0.6 is 11.6 Å². The second-order valence-corrected chi connectivity index (χ2v) is 3.92. The minimum Gasteiger partial charge on any atom is -0.478 e. The molecular formula is C9H11ClN2O2. The van der Waals surface area contributed by atoms with Gasteiger partial charge >= 0.3 is 5.97 Å². The van der Waals surface area contributed by atoms with E-state index in [1.165, 1.54) is 19.0 Å². The largest absolute Gasteiger partial charge is 0.478 e. The fourth-order valence-electron chi connectivity index (χ4n) is 1.87. The molecule has 4 nitrogen and oxygen atoms in total. The van der Waals surface area contributed by atoms with Crippen LogP contribution in [0.5, 0.6) is 0 Å². The number of halogens is 1.